The molecule has 0 unspecified atom stereocenters. The predicted molar refractivity (Wildman–Crippen MR) is 103 cm³/mol. The molecule has 7 nitrogen and oxygen atoms in total. The minimum Gasteiger partial charge on any atom is -0.493 e. The first-order valence-corrected chi connectivity index (χ1v) is 8.43. The van der Waals surface area contributed by atoms with Crippen molar-refractivity contribution >= 4 is 23.2 Å². The fourth-order valence-electron chi connectivity index (χ4n) is 2.24. The van der Waals surface area contributed by atoms with Crippen LogP contribution in [0.5, 0.6) is 11.5 Å². The maximum atomic E-state index is 12.2. The molecule has 1 amide bonds. The molecule has 0 radical (unpaired) electrons. The number of hydrogen-bond donors (Lipinski definition) is 2. The van der Waals surface area contributed by atoms with Gasteiger partial charge < -0.3 is 20.1 Å². The van der Waals surface area contributed by atoms with Gasteiger partial charge in [0, 0.05) is 18.9 Å². The van der Waals surface area contributed by atoms with Gasteiger partial charge in [-0.25, -0.2) is 4.98 Å². The normalized spacial score (nSPS) is 10.7. The van der Waals surface area contributed by atoms with Crippen LogP contribution >= 0.6 is 11.6 Å². The number of benzene rings is 1. The smallest absolute Gasteiger partial charge is 0.263 e. The van der Waals surface area contributed by atoms with Crippen LogP contribution < -0.4 is 20.1 Å². The number of carbonyl (C=O) groups is 1. The Kier molecular flexibility index (Phi) is 7.47. The second kappa shape index (κ2) is 10.0. The second-order valence-corrected chi connectivity index (χ2v) is 5.71. The lowest BCUT2D eigenvalue weighted by atomic mass is 10.1. The monoisotopic (exact) mass is 386 g/mol. The van der Waals surface area contributed by atoms with Gasteiger partial charge in [0.05, 0.1) is 19.9 Å². The molecule has 0 saturated carbocycles. The van der Waals surface area contributed by atoms with Crippen molar-refractivity contribution in [2.75, 3.05) is 26.1 Å². The van der Waals surface area contributed by atoms with Gasteiger partial charge in [0.2, 0.25) is 0 Å². The highest BCUT2D eigenvalue weighted by Crippen LogP contribution is 2.27. The molecule has 1 aromatic heterocycles. The Hall–Kier alpha value is -3.24. The summed E-state index contributed by atoms with van der Waals surface area (Å²) in [5, 5.41) is 15.0. The third-order valence-corrected chi connectivity index (χ3v) is 3.94. The summed E-state index contributed by atoms with van der Waals surface area (Å²) in [7, 11) is 3.13. The van der Waals surface area contributed by atoms with Gasteiger partial charge >= 0.3 is 0 Å². The molecule has 0 bridgehead atoms. The lowest BCUT2D eigenvalue weighted by Crippen LogP contribution is -2.27. The molecule has 1 aromatic carbocycles. The largest absolute Gasteiger partial charge is 0.493 e. The number of nitriles is 1. The summed E-state index contributed by atoms with van der Waals surface area (Å²) in [6.07, 6.45) is 3.42. The van der Waals surface area contributed by atoms with E-state index in [2.05, 4.69) is 15.6 Å². The van der Waals surface area contributed by atoms with Crippen LogP contribution in [0.1, 0.15) is 5.56 Å². The molecule has 2 N–H and O–H groups in total. The number of methoxy groups -OCH3 is 2. The third kappa shape index (κ3) is 5.62. The molecule has 0 fully saturated rings. The lowest BCUT2D eigenvalue weighted by molar-refractivity contribution is -0.117. The molecule has 8 heteroatoms. The van der Waals surface area contributed by atoms with E-state index in [1.807, 2.05) is 18.2 Å². The van der Waals surface area contributed by atoms with Crippen LogP contribution in [-0.2, 0) is 11.2 Å². The number of amides is 1. The van der Waals surface area contributed by atoms with Gasteiger partial charge in [-0.3, -0.25) is 4.79 Å². The lowest BCUT2D eigenvalue weighted by Gasteiger charge is -2.10. The predicted octanol–water partition coefficient (Wildman–Crippen LogP) is 2.93. The number of aromatic nitrogens is 1. The molecule has 0 aliphatic carbocycles. The molecular weight excluding hydrogens is 368 g/mol. The SMILES string of the molecule is COc1ccc(CCNC(=O)/C(C#N)=C\Nc2cccnc2Cl)cc1OC. The van der Waals surface area contributed by atoms with E-state index in [0.717, 1.165) is 5.56 Å². The van der Waals surface area contributed by atoms with Crippen LogP contribution in [0.25, 0.3) is 0 Å². The van der Waals surface area contributed by atoms with Crippen LogP contribution in [0.4, 0.5) is 5.69 Å². The summed E-state index contributed by atoms with van der Waals surface area (Å²) < 4.78 is 10.4. The Balaban J connectivity index is 1.93. The van der Waals surface area contributed by atoms with Crippen molar-refractivity contribution in [1.29, 1.82) is 5.26 Å². The average Bonchev–Trinajstić information content (AvgIpc) is 2.69. The van der Waals surface area contributed by atoms with Crippen molar-refractivity contribution in [2.24, 2.45) is 0 Å². The number of nitrogens with zero attached hydrogens (tertiary/aromatic N) is 2. The first-order chi connectivity index (χ1) is 13.1. The van der Waals surface area contributed by atoms with Crippen LogP contribution in [0.2, 0.25) is 5.15 Å². The van der Waals surface area contributed by atoms with Crippen LogP contribution in [0, 0.1) is 11.3 Å². The molecular formula is C19H19ClN4O3. The molecule has 1 heterocycles. The fraction of sp³-hybridized carbons (Fsp3) is 0.211. The van der Waals surface area contributed by atoms with E-state index in [1.54, 1.807) is 38.6 Å². The molecule has 0 atom stereocenters. The number of carbonyl (C=O) groups excluding carboxylic acids is 1. The molecule has 0 aliphatic heterocycles. The zero-order valence-electron chi connectivity index (χ0n) is 15.0. The van der Waals surface area contributed by atoms with Gasteiger partial charge in [0.1, 0.15) is 11.6 Å². The summed E-state index contributed by atoms with van der Waals surface area (Å²) in [4.78, 5) is 16.1. The topological polar surface area (TPSA) is 96.3 Å². The molecule has 140 valence electrons. The Bertz CT molecular complexity index is 877. The minimum absolute atomic E-state index is 0.0674. The van der Waals surface area contributed by atoms with Crippen molar-refractivity contribution in [3.05, 3.63) is 59.0 Å². The highest BCUT2D eigenvalue weighted by atomic mass is 35.5. The summed E-state index contributed by atoms with van der Waals surface area (Å²) in [5.74, 6) is 0.780. The maximum absolute atomic E-state index is 12.2. The highest BCUT2D eigenvalue weighted by molar-refractivity contribution is 6.32. The average molecular weight is 387 g/mol. The first kappa shape index (κ1) is 20.1. The van der Waals surface area contributed by atoms with Gasteiger partial charge in [-0.05, 0) is 36.2 Å². The summed E-state index contributed by atoms with van der Waals surface area (Å²) in [6.45, 7) is 0.362. The molecule has 2 aromatic rings. The van der Waals surface area contributed by atoms with Crippen molar-refractivity contribution in [2.45, 2.75) is 6.42 Å². The zero-order valence-corrected chi connectivity index (χ0v) is 15.7. The minimum atomic E-state index is -0.481. The molecule has 27 heavy (non-hydrogen) atoms. The Labute approximate surface area is 162 Å². The van der Waals surface area contributed by atoms with E-state index >= 15 is 0 Å². The van der Waals surface area contributed by atoms with E-state index in [4.69, 9.17) is 21.1 Å². The maximum Gasteiger partial charge on any atom is 0.263 e. The Morgan fingerprint density at radius 3 is 2.74 bits per heavy atom. The van der Waals surface area contributed by atoms with Crippen LogP contribution in [-0.4, -0.2) is 31.7 Å². The van der Waals surface area contributed by atoms with Crippen LogP contribution in [0.3, 0.4) is 0 Å². The second-order valence-electron chi connectivity index (χ2n) is 5.35. The number of halogens is 1. The third-order valence-electron chi connectivity index (χ3n) is 3.64. The van der Waals surface area contributed by atoms with E-state index in [0.29, 0.717) is 30.2 Å². The molecule has 0 spiro atoms. The van der Waals surface area contributed by atoms with Crippen molar-refractivity contribution < 1.29 is 14.3 Å². The van der Waals surface area contributed by atoms with Crippen LogP contribution in [0.15, 0.2) is 48.3 Å². The van der Waals surface area contributed by atoms with E-state index in [-0.39, 0.29) is 10.7 Å². The standard InChI is InChI=1S/C19H19ClN4O3/c1-26-16-6-5-13(10-17(16)27-2)7-9-23-19(25)14(11-21)12-24-15-4-3-8-22-18(15)20/h3-6,8,10,12,24H,7,9H2,1-2H3,(H,23,25)/b14-12-. The number of hydrogen-bond acceptors (Lipinski definition) is 6. The molecule has 0 saturated heterocycles. The van der Waals surface area contributed by atoms with Crippen molar-refractivity contribution in [3.8, 4) is 17.6 Å². The van der Waals surface area contributed by atoms with E-state index < -0.39 is 5.91 Å². The summed E-state index contributed by atoms with van der Waals surface area (Å²) >= 11 is 5.92. The van der Waals surface area contributed by atoms with E-state index in [9.17, 15) is 10.1 Å². The molecule has 0 aliphatic rings. The van der Waals surface area contributed by atoms with Gasteiger partial charge in [-0.15, -0.1) is 0 Å². The number of rotatable bonds is 8. The van der Waals surface area contributed by atoms with Gasteiger partial charge in [0.25, 0.3) is 5.91 Å². The summed E-state index contributed by atoms with van der Waals surface area (Å²) in [6, 6.07) is 10.8. The van der Waals surface area contributed by atoms with Crippen molar-refractivity contribution in [1.82, 2.24) is 10.3 Å². The quantitative estimate of drug-likeness (QED) is 0.411. The van der Waals surface area contributed by atoms with Gasteiger partial charge in [-0.1, -0.05) is 17.7 Å². The fourth-order valence-corrected chi connectivity index (χ4v) is 2.42. The number of pyridine rings is 1. The zero-order chi connectivity index (χ0) is 19.6. The Morgan fingerprint density at radius 2 is 2.07 bits per heavy atom. The number of ether oxygens (including phenoxy) is 2. The summed E-state index contributed by atoms with van der Waals surface area (Å²) in [5.41, 5.74) is 1.41. The van der Waals surface area contributed by atoms with Gasteiger partial charge in [-0.2, -0.15) is 5.26 Å². The number of anilines is 1. The first-order valence-electron chi connectivity index (χ1n) is 8.05. The Morgan fingerprint density at radius 1 is 1.30 bits per heavy atom. The number of nitrogens with one attached hydrogen (secondary N) is 2. The highest BCUT2D eigenvalue weighted by Gasteiger charge is 2.10. The van der Waals surface area contributed by atoms with Crippen molar-refractivity contribution in [3.63, 3.8) is 0 Å². The van der Waals surface area contributed by atoms with Gasteiger partial charge in [0.15, 0.2) is 16.7 Å². The molecule has 2 rings (SSSR count). The van der Waals surface area contributed by atoms with E-state index in [1.165, 1.54) is 6.20 Å².